The molecule has 0 saturated carbocycles. The number of pyridine rings is 1. The second kappa shape index (κ2) is 3.96. The van der Waals surface area contributed by atoms with Crippen LogP contribution in [0.4, 0.5) is 0 Å². The molecule has 0 aromatic carbocycles. The van der Waals surface area contributed by atoms with Crippen molar-refractivity contribution in [2.24, 2.45) is 0 Å². The van der Waals surface area contributed by atoms with Gasteiger partial charge in [-0.1, -0.05) is 0 Å². The average molecular weight is 256 g/mol. The van der Waals surface area contributed by atoms with Gasteiger partial charge in [0.2, 0.25) is 15.6 Å². The van der Waals surface area contributed by atoms with Gasteiger partial charge in [0.05, 0.1) is 4.90 Å². The molecule has 0 bridgehead atoms. The maximum atomic E-state index is 12.4. The molecule has 1 aromatic heterocycles. The maximum Gasteiger partial charge on any atom is 0.247 e. The van der Waals surface area contributed by atoms with E-state index in [4.69, 9.17) is 0 Å². The SMILES string of the molecule is CC1(C)CCCN1S(=O)(=O)c1ccc(=O)[nH]c1. The first-order valence-corrected chi connectivity index (χ1v) is 7.00. The summed E-state index contributed by atoms with van der Waals surface area (Å²) < 4.78 is 26.2. The van der Waals surface area contributed by atoms with E-state index in [9.17, 15) is 13.2 Å². The van der Waals surface area contributed by atoms with E-state index >= 15 is 0 Å². The Morgan fingerprint density at radius 2 is 2.06 bits per heavy atom. The number of nitrogens with zero attached hydrogens (tertiary/aromatic N) is 1. The quantitative estimate of drug-likeness (QED) is 0.856. The molecule has 1 aliphatic heterocycles. The molecule has 0 atom stereocenters. The summed E-state index contributed by atoms with van der Waals surface area (Å²) in [7, 11) is -3.50. The minimum Gasteiger partial charge on any atom is -0.328 e. The lowest BCUT2D eigenvalue weighted by molar-refractivity contribution is 0.291. The molecule has 0 amide bonds. The van der Waals surface area contributed by atoms with Gasteiger partial charge >= 0.3 is 0 Å². The number of hydrogen-bond donors (Lipinski definition) is 1. The Morgan fingerprint density at radius 3 is 2.53 bits per heavy atom. The fourth-order valence-electron chi connectivity index (χ4n) is 2.21. The van der Waals surface area contributed by atoms with Crippen molar-refractivity contribution in [1.82, 2.24) is 9.29 Å². The zero-order chi connectivity index (χ0) is 12.7. The van der Waals surface area contributed by atoms with Crippen molar-refractivity contribution in [2.75, 3.05) is 6.54 Å². The number of nitrogens with one attached hydrogen (secondary N) is 1. The van der Waals surface area contributed by atoms with Crippen molar-refractivity contribution in [2.45, 2.75) is 37.1 Å². The number of rotatable bonds is 2. The summed E-state index contributed by atoms with van der Waals surface area (Å²) in [5.74, 6) is 0. The van der Waals surface area contributed by atoms with Gasteiger partial charge in [-0.3, -0.25) is 4.79 Å². The first kappa shape index (κ1) is 12.3. The Labute approximate surface area is 101 Å². The summed E-state index contributed by atoms with van der Waals surface area (Å²) in [6, 6.07) is 2.58. The zero-order valence-electron chi connectivity index (χ0n) is 9.93. The van der Waals surface area contributed by atoms with E-state index in [1.807, 2.05) is 13.8 Å². The lowest BCUT2D eigenvalue weighted by Gasteiger charge is -2.30. The van der Waals surface area contributed by atoms with E-state index in [0.717, 1.165) is 12.8 Å². The van der Waals surface area contributed by atoms with Crippen LogP contribution in [-0.2, 0) is 10.0 Å². The third-order valence-corrected chi connectivity index (χ3v) is 5.28. The number of aromatic nitrogens is 1. The van der Waals surface area contributed by atoms with Gasteiger partial charge in [-0.05, 0) is 32.8 Å². The molecule has 1 saturated heterocycles. The molecule has 2 rings (SSSR count). The average Bonchev–Trinajstić information content (AvgIpc) is 2.59. The van der Waals surface area contributed by atoms with Crippen LogP contribution in [-0.4, -0.2) is 29.8 Å². The molecule has 1 fully saturated rings. The summed E-state index contributed by atoms with van der Waals surface area (Å²) in [4.78, 5) is 13.5. The lowest BCUT2D eigenvalue weighted by atomic mass is 10.0. The normalized spacial score (nSPS) is 20.6. The largest absolute Gasteiger partial charge is 0.328 e. The molecule has 17 heavy (non-hydrogen) atoms. The van der Waals surface area contributed by atoms with Gasteiger partial charge in [-0.2, -0.15) is 4.31 Å². The zero-order valence-corrected chi connectivity index (χ0v) is 10.8. The number of hydrogen-bond acceptors (Lipinski definition) is 3. The van der Waals surface area contributed by atoms with E-state index in [0.29, 0.717) is 6.54 Å². The van der Waals surface area contributed by atoms with Crippen LogP contribution in [0.3, 0.4) is 0 Å². The number of aromatic amines is 1. The second-order valence-corrected chi connectivity index (χ2v) is 6.74. The first-order valence-electron chi connectivity index (χ1n) is 5.56. The highest BCUT2D eigenvalue weighted by Crippen LogP contribution is 2.33. The van der Waals surface area contributed by atoms with Gasteiger partial charge in [-0.25, -0.2) is 8.42 Å². The van der Waals surface area contributed by atoms with Gasteiger partial charge in [0.1, 0.15) is 0 Å². The molecule has 0 unspecified atom stereocenters. The second-order valence-electron chi connectivity index (χ2n) is 4.88. The predicted octanol–water partition coefficient (Wildman–Crippen LogP) is 0.938. The van der Waals surface area contributed by atoms with Crippen molar-refractivity contribution in [3.63, 3.8) is 0 Å². The topological polar surface area (TPSA) is 70.2 Å². The maximum absolute atomic E-state index is 12.4. The Bertz CT molecular complexity index is 554. The van der Waals surface area contributed by atoms with Crippen LogP contribution in [0.5, 0.6) is 0 Å². The molecule has 1 aliphatic rings. The van der Waals surface area contributed by atoms with Crippen LogP contribution < -0.4 is 5.56 Å². The number of sulfonamides is 1. The molecule has 94 valence electrons. The van der Waals surface area contributed by atoms with E-state index in [1.165, 1.54) is 22.6 Å². The summed E-state index contributed by atoms with van der Waals surface area (Å²) in [5, 5.41) is 0. The summed E-state index contributed by atoms with van der Waals surface area (Å²) >= 11 is 0. The van der Waals surface area contributed by atoms with E-state index in [-0.39, 0.29) is 16.0 Å². The van der Waals surface area contributed by atoms with E-state index in [2.05, 4.69) is 4.98 Å². The highest BCUT2D eigenvalue weighted by atomic mass is 32.2. The van der Waals surface area contributed by atoms with E-state index in [1.54, 1.807) is 0 Å². The summed E-state index contributed by atoms with van der Waals surface area (Å²) in [6.07, 6.45) is 2.98. The third kappa shape index (κ3) is 2.14. The van der Waals surface area contributed by atoms with Crippen LogP contribution in [0.15, 0.2) is 28.0 Å². The predicted molar refractivity (Wildman–Crippen MR) is 64.3 cm³/mol. The molecule has 1 aromatic rings. The molecular formula is C11H16N2O3S. The minimum atomic E-state index is -3.50. The van der Waals surface area contributed by atoms with Gasteiger partial charge in [0, 0.05) is 24.3 Å². The molecule has 5 nitrogen and oxygen atoms in total. The molecule has 0 spiro atoms. The molecule has 1 N–H and O–H groups in total. The van der Waals surface area contributed by atoms with Crippen LogP contribution in [0.25, 0.3) is 0 Å². The van der Waals surface area contributed by atoms with Crippen LogP contribution in [0, 0.1) is 0 Å². The highest BCUT2D eigenvalue weighted by molar-refractivity contribution is 7.89. The highest BCUT2D eigenvalue weighted by Gasteiger charge is 2.40. The van der Waals surface area contributed by atoms with Gasteiger partial charge in [-0.15, -0.1) is 0 Å². The monoisotopic (exact) mass is 256 g/mol. The van der Waals surface area contributed by atoms with Crippen molar-refractivity contribution >= 4 is 10.0 Å². The van der Waals surface area contributed by atoms with Crippen molar-refractivity contribution < 1.29 is 8.42 Å². The van der Waals surface area contributed by atoms with Crippen molar-refractivity contribution in [3.8, 4) is 0 Å². The fraction of sp³-hybridized carbons (Fsp3) is 0.545. The standard InChI is InChI=1S/C11H16N2O3S/c1-11(2)6-3-7-13(11)17(15,16)9-4-5-10(14)12-8-9/h4-5,8H,3,6-7H2,1-2H3,(H,12,14). The molecule has 6 heteroatoms. The van der Waals surface area contributed by atoms with Crippen molar-refractivity contribution in [3.05, 3.63) is 28.7 Å². The third-order valence-electron chi connectivity index (χ3n) is 3.17. The Balaban J connectivity index is 2.43. The van der Waals surface area contributed by atoms with Gasteiger partial charge in [0.25, 0.3) is 0 Å². The molecule has 0 radical (unpaired) electrons. The van der Waals surface area contributed by atoms with Crippen LogP contribution >= 0.6 is 0 Å². The minimum absolute atomic E-state index is 0.145. The fourth-order valence-corrected chi connectivity index (χ4v) is 4.03. The van der Waals surface area contributed by atoms with E-state index < -0.39 is 10.0 Å². The van der Waals surface area contributed by atoms with Crippen molar-refractivity contribution in [1.29, 1.82) is 0 Å². The van der Waals surface area contributed by atoms with Crippen LogP contribution in [0.1, 0.15) is 26.7 Å². The molecular weight excluding hydrogens is 240 g/mol. The van der Waals surface area contributed by atoms with Crippen LogP contribution in [0.2, 0.25) is 0 Å². The molecule has 2 heterocycles. The summed E-state index contributed by atoms with van der Waals surface area (Å²) in [6.45, 7) is 4.38. The molecule has 0 aliphatic carbocycles. The first-order chi connectivity index (χ1) is 7.84. The smallest absolute Gasteiger partial charge is 0.247 e. The number of H-pyrrole nitrogens is 1. The van der Waals surface area contributed by atoms with Gasteiger partial charge in [0.15, 0.2) is 0 Å². The summed E-state index contributed by atoms with van der Waals surface area (Å²) in [5.41, 5.74) is -0.653. The van der Waals surface area contributed by atoms with Gasteiger partial charge < -0.3 is 4.98 Å². The Morgan fingerprint density at radius 1 is 1.35 bits per heavy atom. The Hall–Kier alpha value is -1.14. The Kier molecular flexibility index (Phi) is 2.87. The lowest BCUT2D eigenvalue weighted by Crippen LogP contribution is -2.42.